The Kier molecular flexibility index (Phi) is 55.9. The van der Waals surface area contributed by atoms with Crippen molar-refractivity contribution in [1.29, 1.82) is 0 Å². The summed E-state index contributed by atoms with van der Waals surface area (Å²) in [6.07, 6.45) is 21.9. The van der Waals surface area contributed by atoms with Gasteiger partial charge in [-0.2, -0.15) is 0 Å². The summed E-state index contributed by atoms with van der Waals surface area (Å²) in [7, 11) is 0. The van der Waals surface area contributed by atoms with Crippen LogP contribution in [0.1, 0.15) is 229 Å². The number of halogens is 12. The highest BCUT2D eigenvalue weighted by atomic mass is 35.5. The van der Waals surface area contributed by atoms with Crippen LogP contribution in [0.25, 0.3) is 66.8 Å². The molecular weight excluding hydrogens is 1980 g/mol. The van der Waals surface area contributed by atoms with Crippen LogP contribution in [-0.4, -0.2) is 114 Å². The smallest absolute Gasteiger partial charge is 0.162 e. The lowest BCUT2D eigenvalue weighted by Gasteiger charge is -2.12. The number of carbonyl (C=O) groups is 2. The lowest BCUT2D eigenvalue weighted by molar-refractivity contribution is 0.0970. The van der Waals surface area contributed by atoms with Gasteiger partial charge in [0.1, 0.15) is 0 Å². The molecule has 0 heterocycles. The highest BCUT2D eigenvalue weighted by Gasteiger charge is 2.17. The number of ketones is 2. The second-order valence-electron chi connectivity index (χ2n) is 32.6. The number of hydrogen-bond acceptors (Lipinski definition) is 14. The van der Waals surface area contributed by atoms with Crippen LogP contribution in [0.2, 0.25) is 60.3 Å². The van der Waals surface area contributed by atoms with Crippen molar-refractivity contribution < 1.29 is 60.9 Å². The Morgan fingerprint density at radius 1 is 0.219 bits per heavy atom. The van der Waals surface area contributed by atoms with Crippen LogP contribution in [0.5, 0.6) is 0 Å². The molecule has 730 valence electrons. The molecule has 10 N–H and O–H groups in total. The predicted molar refractivity (Wildman–Crippen MR) is 574 cm³/mol. The first-order chi connectivity index (χ1) is 66.3. The summed E-state index contributed by atoms with van der Waals surface area (Å²) < 4.78 is 0. The molecule has 0 radical (unpaired) electrons. The van der Waals surface area contributed by atoms with E-state index in [2.05, 4.69) is 10.3 Å². The zero-order valence-corrected chi connectivity index (χ0v) is 85.5. The van der Waals surface area contributed by atoms with E-state index in [0.29, 0.717) is 109 Å². The molecular formula is C111H120Cl12N2O12. The van der Waals surface area contributed by atoms with Crippen LogP contribution in [0.4, 0.5) is 0 Å². The van der Waals surface area contributed by atoms with Gasteiger partial charge in [0.05, 0.1) is 23.6 Å². The Bertz CT molecular complexity index is 5640. The number of aliphatic hydroxyl groups excluding tert-OH is 8. The average Bonchev–Trinajstić information content (AvgIpc) is 0.860. The van der Waals surface area contributed by atoms with E-state index in [-0.39, 0.29) is 51.2 Å². The molecule has 0 amide bonds. The quantitative estimate of drug-likeness (QED) is 0.00562. The largest absolute Gasteiger partial charge is 0.411 e. The van der Waals surface area contributed by atoms with E-state index in [4.69, 9.17) is 170 Å². The normalized spacial score (nSPS) is 11.6. The van der Waals surface area contributed by atoms with E-state index in [0.717, 1.165) is 236 Å². The molecule has 0 saturated carbocycles. The number of rotatable bonds is 45. The Morgan fingerprint density at radius 2 is 0.401 bits per heavy atom. The molecule has 26 heteroatoms. The third kappa shape index (κ3) is 41.7. The number of oxime groups is 2. The van der Waals surface area contributed by atoms with E-state index in [1.54, 1.807) is 54.6 Å². The highest BCUT2D eigenvalue weighted by Crippen LogP contribution is 2.39. The summed E-state index contributed by atoms with van der Waals surface area (Å²) in [4.78, 5) is 24.2. The van der Waals surface area contributed by atoms with E-state index in [9.17, 15) is 30.2 Å². The van der Waals surface area contributed by atoms with Gasteiger partial charge < -0.3 is 51.3 Å². The lowest BCUT2D eigenvalue weighted by Crippen LogP contribution is -2.01. The molecule has 0 saturated heterocycles. The van der Waals surface area contributed by atoms with Crippen molar-refractivity contribution in [3.05, 3.63) is 348 Å². The van der Waals surface area contributed by atoms with Crippen molar-refractivity contribution in [2.45, 2.75) is 186 Å². The summed E-state index contributed by atoms with van der Waals surface area (Å²) >= 11 is 72.8. The van der Waals surface area contributed by atoms with Crippen LogP contribution in [0.3, 0.4) is 0 Å². The number of carbonyl (C=O) groups excluding carboxylic acids is 2. The SMILES string of the molecule is O=C(CCCCCCO)c1ccc(-c2ccc(Cl)cc2Cl)cc1.O=C(CCCCCO)c1ccc(-c2ccc(Cl)cc2Cl)cc1.OCCCCC/C(=N\O)c1ccc(-c2ccc(Cl)cc2Cl)cc1.OCCCCCC(O)c1ccc(-c2ccc(Cl)cc2Cl)cc1.OCCCCCC/C(=N\O)c1ccc(-c2ccc(Cl)cc2Cl)cc1.OCCCCCCC(O)c1ccc(-c2ccc(Cl)cc2Cl)cc1. The van der Waals surface area contributed by atoms with Crippen molar-refractivity contribution in [3.63, 3.8) is 0 Å². The van der Waals surface area contributed by atoms with Gasteiger partial charge in [0.2, 0.25) is 0 Å². The van der Waals surface area contributed by atoms with Gasteiger partial charge in [-0.1, -0.05) is 402 Å². The van der Waals surface area contributed by atoms with Gasteiger partial charge in [0.15, 0.2) is 11.6 Å². The van der Waals surface area contributed by atoms with Gasteiger partial charge in [0.25, 0.3) is 0 Å². The Hall–Kier alpha value is -7.92. The third-order valence-corrected chi connectivity index (χ3v) is 25.7. The van der Waals surface area contributed by atoms with Gasteiger partial charge in [-0.3, -0.25) is 9.59 Å². The summed E-state index contributed by atoms with van der Waals surface area (Å²) in [5.74, 6) is 0.287. The van der Waals surface area contributed by atoms with Crippen molar-refractivity contribution in [2.75, 3.05) is 39.6 Å². The molecule has 0 aliphatic heterocycles. The molecule has 0 fully saturated rings. The minimum absolute atomic E-state index is 0.131. The summed E-state index contributed by atoms with van der Waals surface area (Å²) in [6.45, 7) is 1.30. The molecule has 0 bridgehead atoms. The van der Waals surface area contributed by atoms with E-state index < -0.39 is 12.2 Å². The third-order valence-electron chi connectivity index (χ3n) is 22.4. The van der Waals surface area contributed by atoms with E-state index in [1.807, 2.05) is 200 Å². The van der Waals surface area contributed by atoms with Crippen molar-refractivity contribution in [3.8, 4) is 66.8 Å². The first-order valence-corrected chi connectivity index (χ1v) is 50.6. The fraction of sp³-hybridized carbons (Fsp3) is 0.315. The number of benzene rings is 12. The second kappa shape index (κ2) is 66.0. The van der Waals surface area contributed by atoms with Crippen molar-refractivity contribution >= 4 is 162 Å². The van der Waals surface area contributed by atoms with Crippen molar-refractivity contribution in [1.82, 2.24) is 0 Å². The van der Waals surface area contributed by atoms with Gasteiger partial charge in [-0.25, -0.2) is 0 Å². The van der Waals surface area contributed by atoms with Crippen LogP contribution in [0.15, 0.2) is 265 Å². The van der Waals surface area contributed by atoms with E-state index in [1.165, 1.54) is 0 Å². The second-order valence-corrected chi connectivity index (χ2v) is 37.7. The molecule has 2 unspecified atom stereocenters. The Labute approximate surface area is 866 Å². The minimum atomic E-state index is -0.464. The molecule has 14 nitrogen and oxygen atoms in total. The zero-order chi connectivity index (χ0) is 99.2. The molecule has 0 aliphatic rings. The predicted octanol–water partition coefficient (Wildman–Crippen LogP) is 33.2. The molecule has 2 atom stereocenters. The van der Waals surface area contributed by atoms with Gasteiger partial charge >= 0.3 is 0 Å². The zero-order valence-electron chi connectivity index (χ0n) is 76.5. The average molecular weight is 2100 g/mol. The molecule has 12 rings (SSSR count). The molecule has 0 spiro atoms. The lowest BCUT2D eigenvalue weighted by atomic mass is 9.99. The molecule has 137 heavy (non-hydrogen) atoms. The topological polar surface area (TPSA) is 261 Å². The summed E-state index contributed by atoms with van der Waals surface area (Å²) in [5, 5.41) is 105. The fourth-order valence-corrected chi connectivity index (χ4v) is 17.8. The molecule has 12 aromatic carbocycles. The van der Waals surface area contributed by atoms with Crippen molar-refractivity contribution in [2.24, 2.45) is 10.3 Å². The van der Waals surface area contributed by atoms with Gasteiger partial charge in [-0.15, -0.1) is 0 Å². The summed E-state index contributed by atoms with van der Waals surface area (Å²) in [6, 6.07) is 78.6. The van der Waals surface area contributed by atoms with Gasteiger partial charge in [-0.05, 0) is 218 Å². The fourth-order valence-electron chi connectivity index (χ4n) is 14.7. The molecule has 0 aliphatic carbocycles. The maximum Gasteiger partial charge on any atom is 0.162 e. The Balaban J connectivity index is 0.000000224. The van der Waals surface area contributed by atoms with Gasteiger partial charge in [0, 0.05) is 157 Å². The van der Waals surface area contributed by atoms with Crippen LogP contribution >= 0.6 is 139 Å². The summed E-state index contributed by atoms with van der Waals surface area (Å²) in [5.41, 5.74) is 17.7. The number of Topliss-reactive ketones (excluding diaryl/α,β-unsaturated/α-hetero) is 2. The van der Waals surface area contributed by atoms with Crippen LogP contribution in [0, 0.1) is 0 Å². The number of unbranched alkanes of at least 4 members (excludes halogenated alkanes) is 15. The minimum Gasteiger partial charge on any atom is -0.411 e. The maximum absolute atomic E-state index is 12.1. The highest BCUT2D eigenvalue weighted by molar-refractivity contribution is 6.39. The number of hydrogen-bond donors (Lipinski definition) is 10. The number of nitrogens with zero attached hydrogens (tertiary/aromatic N) is 2. The number of aliphatic hydroxyl groups is 8. The van der Waals surface area contributed by atoms with Crippen LogP contribution in [-0.2, 0) is 0 Å². The standard InChI is InChI=1S/C19H21Cl2NO2.C19H22Cl2O2.C19H20Cl2O2.C18H19Cl2NO2.C18H20Cl2O2.C18H18Cl2O2/c20-16-10-11-17(18(21)13-16)14-6-8-15(9-7-14)19(22-24)5-3-1-2-4-12-23;2*20-16-10-11-17(18(21)13-16)14-6-8-15(9-7-14)19(23)5-3-1-2-4-12-22;19-15-9-10-16(17(20)12-15)13-5-7-14(8-6-13)18(21-23)4-2-1-3-11-22;2*19-15-9-10-16(17(20)12-15)13-5-7-14(8-6-13)18(22)4-2-1-3-11-21/h6-11,13,23-24H,1-5,12H2;6-11,13,19,22-23H,1-5,12H2;6-11,13,22H,1-5,12H2;5-10,12,22-23H,1-4,11H2;5-10,12,18,21-22H,1-4,11H2;5-10,12,21H,1-4,11H2/b22-19+;;;21-18+;;. The first-order valence-electron chi connectivity index (χ1n) is 46.1. The first kappa shape index (κ1) is 116. The van der Waals surface area contributed by atoms with Crippen LogP contribution < -0.4 is 0 Å². The molecule has 12 aromatic rings. The molecule has 0 aromatic heterocycles. The maximum atomic E-state index is 12.1. The Morgan fingerprint density at radius 3 is 0.613 bits per heavy atom. The van der Waals surface area contributed by atoms with E-state index >= 15 is 0 Å². The monoisotopic (exact) mass is 2090 g/mol.